The van der Waals surface area contributed by atoms with Crippen LogP contribution in [-0.4, -0.2) is 41.6 Å². The number of esters is 1. The highest BCUT2D eigenvalue weighted by molar-refractivity contribution is 5.83. The van der Waals surface area contributed by atoms with E-state index in [0.717, 1.165) is 96.3 Å². The molecular weight excluding hydrogens is 588 g/mol. The number of allylic oxidation sites excluding steroid dienone is 8. The van der Waals surface area contributed by atoms with Gasteiger partial charge in [-0.3, -0.25) is 9.59 Å². The second-order valence-electron chi connectivity index (χ2n) is 12.6. The molecule has 1 amide bonds. The number of ether oxygens (including phenoxy) is 1. The second-order valence-corrected chi connectivity index (χ2v) is 12.6. The van der Waals surface area contributed by atoms with Crippen LogP contribution in [0.15, 0.2) is 48.6 Å². The van der Waals surface area contributed by atoms with Crippen molar-refractivity contribution in [3.63, 3.8) is 0 Å². The molecule has 0 aromatic carbocycles. The van der Waals surface area contributed by atoms with Gasteiger partial charge in [0.1, 0.15) is 12.1 Å². The van der Waals surface area contributed by atoms with Gasteiger partial charge in [0.05, 0.1) is 0 Å². The van der Waals surface area contributed by atoms with Crippen LogP contribution in [0.25, 0.3) is 0 Å². The fraction of sp³-hybridized carbons (Fsp3) is 0.725. The van der Waals surface area contributed by atoms with Crippen molar-refractivity contribution >= 4 is 17.8 Å². The summed E-state index contributed by atoms with van der Waals surface area (Å²) in [5.74, 6) is -1.29. The minimum Gasteiger partial charge on any atom is -0.480 e. The number of nitrogens with two attached hydrogens (primary N) is 1. The molecule has 0 bridgehead atoms. The molecule has 7 nitrogen and oxygen atoms in total. The molecule has 0 saturated carbocycles. The molecule has 47 heavy (non-hydrogen) atoms. The first-order valence-corrected chi connectivity index (χ1v) is 19.0. The van der Waals surface area contributed by atoms with Crippen LogP contribution in [0.3, 0.4) is 0 Å². The highest BCUT2D eigenvalue weighted by Gasteiger charge is 2.19. The minimum atomic E-state index is -1.01. The molecule has 0 spiro atoms. The van der Waals surface area contributed by atoms with Crippen LogP contribution < -0.4 is 11.1 Å². The number of carbonyl (C=O) groups excluding carboxylic acids is 2. The number of hydrogen-bond donors (Lipinski definition) is 3. The number of aliphatic carboxylic acids is 1. The molecule has 0 aliphatic heterocycles. The molecule has 0 saturated heterocycles. The third-order valence-electron chi connectivity index (χ3n) is 8.16. The summed E-state index contributed by atoms with van der Waals surface area (Å²) in [6, 6.07) is -0.859. The van der Waals surface area contributed by atoms with Crippen molar-refractivity contribution in [2.75, 3.05) is 6.54 Å². The Kier molecular flexibility index (Phi) is 32.7. The fourth-order valence-corrected chi connectivity index (χ4v) is 5.32. The number of rotatable bonds is 33. The van der Waals surface area contributed by atoms with Crippen LogP contribution in [0.4, 0.5) is 0 Å². The van der Waals surface area contributed by atoms with Gasteiger partial charge in [0.15, 0.2) is 0 Å². The highest BCUT2D eigenvalue weighted by atomic mass is 16.5. The van der Waals surface area contributed by atoms with Gasteiger partial charge in [0.25, 0.3) is 0 Å². The summed E-state index contributed by atoms with van der Waals surface area (Å²) in [6.07, 6.45) is 40.1. The third-order valence-corrected chi connectivity index (χ3v) is 8.16. The molecule has 0 aliphatic rings. The van der Waals surface area contributed by atoms with Gasteiger partial charge in [-0.05, 0) is 96.4 Å². The number of carboxylic acids is 1. The lowest BCUT2D eigenvalue weighted by Gasteiger charge is -2.18. The summed E-state index contributed by atoms with van der Waals surface area (Å²) < 4.78 is 5.96. The van der Waals surface area contributed by atoms with Gasteiger partial charge < -0.3 is 20.9 Å². The van der Waals surface area contributed by atoms with Gasteiger partial charge in [-0.2, -0.15) is 0 Å². The Balaban J connectivity index is 4.26. The Morgan fingerprint density at radius 1 is 0.638 bits per heavy atom. The maximum atomic E-state index is 12.6. The summed E-state index contributed by atoms with van der Waals surface area (Å²) in [7, 11) is 0. The van der Waals surface area contributed by atoms with E-state index in [2.05, 4.69) is 67.8 Å². The molecule has 270 valence electrons. The Morgan fingerprint density at radius 2 is 1.17 bits per heavy atom. The zero-order valence-electron chi connectivity index (χ0n) is 30.1. The van der Waals surface area contributed by atoms with Crippen LogP contribution >= 0.6 is 0 Å². The monoisotopic (exact) mass is 659 g/mol. The number of unbranched alkanes of at least 4 members (excludes halogenated alkanes) is 11. The van der Waals surface area contributed by atoms with E-state index < -0.39 is 12.0 Å². The van der Waals surface area contributed by atoms with Crippen LogP contribution in [0.2, 0.25) is 0 Å². The standard InChI is InChI=1S/C40H70N2O5/c1-3-5-7-9-11-12-13-14-15-16-17-18-19-24-28-34-39(44)47-36(30-25-21-10-8-6-4-2)31-26-22-20-23-27-33-38(43)42-37(40(45)46)32-29-35-41/h5,7,11-12,14-15,17-18,36-37H,3-4,6,8-10,13,16,19-35,41H2,1-2H3,(H,42,43)(H,45,46)/b7-5-,12-11-,15-14-,18-17-. The topological polar surface area (TPSA) is 119 Å². The molecule has 0 heterocycles. The summed E-state index contributed by atoms with van der Waals surface area (Å²) in [6.45, 7) is 4.79. The second kappa shape index (κ2) is 34.7. The van der Waals surface area contributed by atoms with Crippen molar-refractivity contribution in [1.29, 1.82) is 0 Å². The van der Waals surface area contributed by atoms with E-state index in [1.165, 1.54) is 32.1 Å². The van der Waals surface area contributed by atoms with E-state index >= 15 is 0 Å². The van der Waals surface area contributed by atoms with E-state index in [1.54, 1.807) is 0 Å². The Morgan fingerprint density at radius 3 is 1.74 bits per heavy atom. The lowest BCUT2D eigenvalue weighted by molar-refractivity contribution is -0.150. The summed E-state index contributed by atoms with van der Waals surface area (Å²) in [5.41, 5.74) is 5.46. The van der Waals surface area contributed by atoms with E-state index in [9.17, 15) is 19.5 Å². The average Bonchev–Trinajstić information content (AvgIpc) is 3.05. The van der Waals surface area contributed by atoms with Gasteiger partial charge >= 0.3 is 11.9 Å². The van der Waals surface area contributed by atoms with Gasteiger partial charge in [-0.15, -0.1) is 0 Å². The van der Waals surface area contributed by atoms with Crippen LogP contribution in [0, 0.1) is 0 Å². The first-order chi connectivity index (χ1) is 22.9. The van der Waals surface area contributed by atoms with E-state index in [1.807, 2.05) is 0 Å². The first kappa shape index (κ1) is 44.3. The zero-order valence-corrected chi connectivity index (χ0v) is 30.1. The molecule has 7 heteroatoms. The highest BCUT2D eigenvalue weighted by Crippen LogP contribution is 2.18. The van der Waals surface area contributed by atoms with Crippen LogP contribution in [0.5, 0.6) is 0 Å². The molecule has 0 aromatic heterocycles. The van der Waals surface area contributed by atoms with Gasteiger partial charge in [-0.25, -0.2) is 4.79 Å². The Labute approximate surface area is 287 Å². The van der Waals surface area contributed by atoms with Gasteiger partial charge in [0, 0.05) is 12.8 Å². The van der Waals surface area contributed by atoms with Crippen molar-refractivity contribution < 1.29 is 24.2 Å². The zero-order chi connectivity index (χ0) is 34.6. The molecule has 0 fully saturated rings. The normalized spacial score (nSPS) is 13.3. The maximum Gasteiger partial charge on any atom is 0.326 e. The molecule has 0 radical (unpaired) electrons. The molecule has 4 N–H and O–H groups in total. The lowest BCUT2D eigenvalue weighted by Crippen LogP contribution is -2.40. The average molecular weight is 659 g/mol. The predicted molar refractivity (Wildman–Crippen MR) is 197 cm³/mol. The third kappa shape index (κ3) is 31.7. The molecule has 2 atom stereocenters. The number of carboxylic acid groups (broad SMARTS) is 1. The van der Waals surface area contributed by atoms with E-state index in [4.69, 9.17) is 10.5 Å². The molecule has 0 aromatic rings. The van der Waals surface area contributed by atoms with Crippen molar-refractivity contribution in [1.82, 2.24) is 5.32 Å². The molecular formula is C40H70N2O5. The van der Waals surface area contributed by atoms with Crippen LogP contribution in [-0.2, 0) is 19.1 Å². The van der Waals surface area contributed by atoms with Crippen LogP contribution in [0.1, 0.15) is 168 Å². The number of nitrogens with one attached hydrogen (secondary N) is 1. The van der Waals surface area contributed by atoms with E-state index in [0.29, 0.717) is 32.2 Å². The minimum absolute atomic E-state index is 0.00439. The molecule has 2 unspecified atom stereocenters. The summed E-state index contributed by atoms with van der Waals surface area (Å²) in [5, 5.41) is 11.9. The predicted octanol–water partition coefficient (Wildman–Crippen LogP) is 10.1. The molecule has 0 aliphatic carbocycles. The smallest absolute Gasteiger partial charge is 0.326 e. The molecule has 0 rings (SSSR count). The van der Waals surface area contributed by atoms with Crippen molar-refractivity contribution in [3.8, 4) is 0 Å². The SMILES string of the molecule is CC/C=C\C/C=C\C/C=C\C/C=C\CCCCC(=O)OC(CCCCCCCC)CCCCCCCC(=O)NC(CCCN)C(=O)O. The Bertz CT molecular complexity index is 880. The van der Waals surface area contributed by atoms with Gasteiger partial charge in [0.2, 0.25) is 5.91 Å². The fourth-order valence-electron chi connectivity index (χ4n) is 5.32. The summed E-state index contributed by atoms with van der Waals surface area (Å²) in [4.78, 5) is 36.1. The largest absolute Gasteiger partial charge is 0.480 e. The summed E-state index contributed by atoms with van der Waals surface area (Å²) >= 11 is 0. The maximum absolute atomic E-state index is 12.6. The number of amides is 1. The number of hydrogen-bond acceptors (Lipinski definition) is 5. The van der Waals surface area contributed by atoms with E-state index in [-0.39, 0.29) is 18.0 Å². The van der Waals surface area contributed by atoms with Crippen molar-refractivity contribution in [2.24, 2.45) is 5.73 Å². The van der Waals surface area contributed by atoms with Crippen molar-refractivity contribution in [2.45, 2.75) is 180 Å². The lowest BCUT2D eigenvalue weighted by atomic mass is 10.0. The van der Waals surface area contributed by atoms with Crippen molar-refractivity contribution in [3.05, 3.63) is 48.6 Å². The van der Waals surface area contributed by atoms with Gasteiger partial charge in [-0.1, -0.05) is 114 Å². The number of carbonyl (C=O) groups is 3. The first-order valence-electron chi connectivity index (χ1n) is 19.0. The quantitative estimate of drug-likeness (QED) is 0.0367. The Hall–Kier alpha value is -2.67.